The van der Waals surface area contributed by atoms with Gasteiger partial charge in [0.2, 0.25) is 10.0 Å². The van der Waals surface area contributed by atoms with Gasteiger partial charge in [0.05, 0.1) is 8.63 Å². The zero-order chi connectivity index (χ0) is 19.0. The summed E-state index contributed by atoms with van der Waals surface area (Å²) in [5.41, 5.74) is 2.06. The first-order chi connectivity index (χ1) is 12.4. The molecule has 0 radical (unpaired) electrons. The number of hydrogen-bond acceptors (Lipinski definition) is 2. The molecule has 0 bridgehead atoms. The van der Waals surface area contributed by atoms with Crippen LogP contribution in [-0.4, -0.2) is 23.0 Å². The molecule has 0 unspecified atom stereocenters. The zero-order valence-corrected chi connectivity index (χ0v) is 18.9. The predicted molar refractivity (Wildman–Crippen MR) is 115 cm³/mol. The van der Waals surface area contributed by atoms with Crippen LogP contribution in [0.25, 0.3) is 0 Å². The fourth-order valence-corrected chi connectivity index (χ4v) is 4.81. The van der Waals surface area contributed by atoms with Crippen LogP contribution in [0.15, 0.2) is 59.5 Å². The Hall–Kier alpha value is -0.690. The fourth-order valence-electron chi connectivity index (χ4n) is 2.69. The molecule has 0 aliphatic carbocycles. The van der Waals surface area contributed by atoms with Gasteiger partial charge in [-0.15, -0.1) is 0 Å². The number of alkyl halides is 2. The van der Waals surface area contributed by atoms with Gasteiger partial charge in [0.25, 0.3) is 0 Å². The van der Waals surface area contributed by atoms with Crippen molar-refractivity contribution >= 4 is 41.9 Å². The van der Waals surface area contributed by atoms with E-state index in [4.69, 9.17) is 0 Å². The third-order valence-corrected chi connectivity index (χ3v) is 6.97. The summed E-state index contributed by atoms with van der Waals surface area (Å²) in [5.74, 6) is 0. The number of rotatable bonds is 10. The average Bonchev–Trinajstić information content (AvgIpc) is 2.61. The number of sulfonamides is 1. The van der Waals surface area contributed by atoms with Crippen LogP contribution < -0.4 is 0 Å². The van der Waals surface area contributed by atoms with Crippen LogP contribution in [-0.2, 0) is 16.6 Å². The largest absolute Gasteiger partial charge is 0.243 e. The summed E-state index contributed by atoms with van der Waals surface area (Å²) >= 11 is 6.96. The van der Waals surface area contributed by atoms with Crippen molar-refractivity contribution in [3.05, 3.63) is 65.7 Å². The minimum absolute atomic E-state index is 0.326. The normalized spacial score (nSPS) is 12.0. The lowest BCUT2D eigenvalue weighted by atomic mass is 10.2. The molecule has 0 saturated heterocycles. The molecule has 2 rings (SSSR count). The van der Waals surface area contributed by atoms with Crippen molar-refractivity contribution < 1.29 is 8.42 Å². The van der Waals surface area contributed by atoms with Crippen molar-refractivity contribution in [2.45, 2.75) is 47.8 Å². The summed E-state index contributed by atoms with van der Waals surface area (Å²) in [6.45, 7) is 2.88. The molecule has 0 fully saturated rings. The van der Waals surface area contributed by atoms with Crippen LogP contribution >= 0.6 is 31.9 Å². The van der Waals surface area contributed by atoms with Crippen LogP contribution in [0.3, 0.4) is 0 Å². The van der Waals surface area contributed by atoms with Crippen LogP contribution in [0.4, 0.5) is 0 Å². The van der Waals surface area contributed by atoms with Gasteiger partial charge in [0, 0.05) is 13.1 Å². The highest BCUT2D eigenvalue weighted by molar-refractivity contribution is 9.24. The minimum atomic E-state index is -3.50. The summed E-state index contributed by atoms with van der Waals surface area (Å²) < 4.78 is 28.2. The van der Waals surface area contributed by atoms with Gasteiger partial charge in [-0.2, -0.15) is 4.31 Å². The smallest absolute Gasteiger partial charge is 0.207 e. The van der Waals surface area contributed by atoms with Crippen molar-refractivity contribution in [2.75, 3.05) is 6.54 Å². The highest BCUT2D eigenvalue weighted by Gasteiger charge is 2.24. The summed E-state index contributed by atoms with van der Waals surface area (Å²) in [4.78, 5) is 0.361. The molecule has 0 amide bonds. The van der Waals surface area contributed by atoms with E-state index in [1.54, 1.807) is 16.4 Å². The molecule has 0 aliphatic heterocycles. The maximum absolute atomic E-state index is 13.1. The van der Waals surface area contributed by atoms with E-state index in [0.717, 1.165) is 36.8 Å². The first kappa shape index (κ1) is 21.6. The van der Waals surface area contributed by atoms with Gasteiger partial charge in [-0.25, -0.2) is 8.42 Å². The molecule has 3 nitrogen and oxygen atoms in total. The lowest BCUT2D eigenvalue weighted by Crippen LogP contribution is -2.31. The Kier molecular flexibility index (Phi) is 8.80. The standard InChI is InChI=1S/C20H25Br2NO2S/c1-17-11-13-19(14-12-17)26(24,25)23(15-7-3-6-10-20(21)22)16-18-8-4-2-5-9-18/h2,4-5,8-9,11-14,20H,3,6-7,10,15-16H2,1H3. The monoisotopic (exact) mass is 501 g/mol. The van der Waals surface area contributed by atoms with Crippen molar-refractivity contribution in [3.63, 3.8) is 0 Å². The van der Waals surface area contributed by atoms with Crippen molar-refractivity contribution in [3.8, 4) is 0 Å². The highest BCUT2D eigenvalue weighted by atomic mass is 79.9. The molecular formula is C20H25Br2NO2S. The number of benzene rings is 2. The number of unbranched alkanes of at least 4 members (excludes halogenated alkanes) is 2. The van der Waals surface area contributed by atoms with E-state index in [-0.39, 0.29) is 0 Å². The topological polar surface area (TPSA) is 37.4 Å². The molecule has 0 aromatic heterocycles. The first-order valence-electron chi connectivity index (χ1n) is 8.78. The predicted octanol–water partition coefficient (Wildman–Crippen LogP) is 5.86. The number of halogens is 2. The van der Waals surface area contributed by atoms with E-state index in [1.165, 1.54) is 0 Å². The van der Waals surface area contributed by atoms with Crippen LogP contribution in [0.2, 0.25) is 0 Å². The van der Waals surface area contributed by atoms with Gasteiger partial charge in [0.1, 0.15) is 0 Å². The van der Waals surface area contributed by atoms with Crippen LogP contribution in [0, 0.1) is 6.92 Å². The van der Waals surface area contributed by atoms with Gasteiger partial charge in [0.15, 0.2) is 0 Å². The molecule has 26 heavy (non-hydrogen) atoms. The molecule has 0 N–H and O–H groups in total. The number of nitrogens with zero attached hydrogens (tertiary/aromatic N) is 1. The van der Waals surface area contributed by atoms with E-state index < -0.39 is 10.0 Å². The molecule has 2 aromatic rings. The Morgan fingerprint density at radius 3 is 2.19 bits per heavy atom. The molecule has 2 aromatic carbocycles. The number of hydrogen-bond donors (Lipinski definition) is 0. The van der Waals surface area contributed by atoms with Gasteiger partial charge in [-0.1, -0.05) is 92.7 Å². The summed E-state index contributed by atoms with van der Waals surface area (Å²) in [5, 5.41) is 0. The SMILES string of the molecule is Cc1ccc(S(=O)(=O)N(CCCCCC(Br)Br)Cc2ccccc2)cc1. The summed E-state index contributed by atoms with van der Waals surface area (Å²) in [6.07, 6.45) is 3.95. The van der Waals surface area contributed by atoms with Gasteiger partial charge >= 0.3 is 0 Å². The lowest BCUT2D eigenvalue weighted by Gasteiger charge is -2.22. The lowest BCUT2D eigenvalue weighted by molar-refractivity contribution is 0.392. The fraction of sp³-hybridized carbons (Fsp3) is 0.400. The molecule has 0 spiro atoms. The van der Waals surface area contributed by atoms with Gasteiger partial charge in [-0.3, -0.25) is 0 Å². The van der Waals surface area contributed by atoms with E-state index in [2.05, 4.69) is 31.9 Å². The second-order valence-electron chi connectivity index (χ2n) is 6.38. The average molecular weight is 503 g/mol. The van der Waals surface area contributed by atoms with Crippen molar-refractivity contribution in [1.29, 1.82) is 0 Å². The Morgan fingerprint density at radius 2 is 1.58 bits per heavy atom. The van der Waals surface area contributed by atoms with E-state index in [9.17, 15) is 8.42 Å². The molecule has 0 heterocycles. The second-order valence-corrected chi connectivity index (χ2v) is 11.8. The third kappa shape index (κ3) is 6.80. The zero-order valence-electron chi connectivity index (χ0n) is 14.9. The van der Waals surface area contributed by atoms with Crippen LogP contribution in [0.5, 0.6) is 0 Å². The summed E-state index contributed by atoms with van der Waals surface area (Å²) in [6, 6.07) is 16.9. The molecule has 142 valence electrons. The first-order valence-corrected chi connectivity index (χ1v) is 12.1. The minimum Gasteiger partial charge on any atom is -0.207 e. The molecule has 0 aliphatic rings. The quantitative estimate of drug-likeness (QED) is 0.301. The number of aryl methyl sites for hydroxylation is 1. The highest BCUT2D eigenvalue weighted by Crippen LogP contribution is 2.21. The summed E-state index contributed by atoms with van der Waals surface area (Å²) in [7, 11) is -3.50. The second kappa shape index (κ2) is 10.6. The maximum Gasteiger partial charge on any atom is 0.243 e. The molecule has 0 saturated carbocycles. The van der Waals surface area contributed by atoms with Gasteiger partial charge < -0.3 is 0 Å². The van der Waals surface area contributed by atoms with E-state index in [0.29, 0.717) is 21.7 Å². The third-order valence-electron chi connectivity index (χ3n) is 4.19. The molecule has 0 atom stereocenters. The van der Waals surface area contributed by atoms with Crippen molar-refractivity contribution in [2.24, 2.45) is 0 Å². The van der Waals surface area contributed by atoms with Crippen LogP contribution in [0.1, 0.15) is 36.8 Å². The Balaban J connectivity index is 2.12. The Labute approximate surface area is 174 Å². The Morgan fingerprint density at radius 1 is 0.923 bits per heavy atom. The van der Waals surface area contributed by atoms with E-state index >= 15 is 0 Å². The van der Waals surface area contributed by atoms with Crippen molar-refractivity contribution in [1.82, 2.24) is 4.31 Å². The van der Waals surface area contributed by atoms with E-state index in [1.807, 2.05) is 49.4 Å². The molecule has 6 heteroatoms. The maximum atomic E-state index is 13.1. The molecular weight excluding hydrogens is 478 g/mol. The Bertz CT molecular complexity index is 762. The van der Waals surface area contributed by atoms with Gasteiger partial charge in [-0.05, 0) is 37.5 Å².